The van der Waals surface area contributed by atoms with E-state index in [9.17, 15) is 9.59 Å². The number of nitrogens with zero attached hydrogens (tertiary/aromatic N) is 4. The topological polar surface area (TPSA) is 100 Å². The molecule has 1 aliphatic heterocycles. The average molecular weight is 437 g/mol. The second-order valence-corrected chi connectivity index (χ2v) is 8.96. The first kappa shape index (κ1) is 22.3. The molecule has 1 saturated heterocycles. The number of amides is 2. The van der Waals surface area contributed by atoms with E-state index in [0.717, 1.165) is 44.3 Å². The number of anilines is 1. The van der Waals surface area contributed by atoms with Crippen LogP contribution in [0.3, 0.4) is 0 Å². The zero-order valence-electron chi connectivity index (χ0n) is 18.7. The van der Waals surface area contributed by atoms with Crippen LogP contribution in [0.5, 0.6) is 0 Å². The van der Waals surface area contributed by atoms with Crippen molar-refractivity contribution in [1.82, 2.24) is 25.2 Å². The molecule has 1 saturated carbocycles. The predicted molar refractivity (Wildman–Crippen MR) is 122 cm³/mol. The monoisotopic (exact) mass is 436 g/mol. The largest absolute Gasteiger partial charge is 0.353 e. The van der Waals surface area contributed by atoms with Crippen LogP contribution in [-0.2, 0) is 11.3 Å². The van der Waals surface area contributed by atoms with Gasteiger partial charge in [0.15, 0.2) is 0 Å². The summed E-state index contributed by atoms with van der Waals surface area (Å²) < 4.78 is 0. The molecule has 32 heavy (non-hydrogen) atoms. The van der Waals surface area contributed by atoms with Crippen molar-refractivity contribution in [3.05, 3.63) is 47.7 Å². The van der Waals surface area contributed by atoms with E-state index in [2.05, 4.69) is 30.5 Å². The third kappa shape index (κ3) is 6.09. The average Bonchev–Trinajstić information content (AvgIpc) is 2.80. The number of carbonyl (C=O) groups excluding carboxylic acids is 2. The van der Waals surface area contributed by atoms with Crippen LogP contribution in [0, 0.1) is 12.8 Å². The second kappa shape index (κ2) is 10.6. The molecular formula is C24H32N6O2. The van der Waals surface area contributed by atoms with Crippen LogP contribution in [0.4, 0.5) is 5.82 Å². The highest BCUT2D eigenvalue weighted by Gasteiger charge is 2.27. The number of aromatic nitrogens is 3. The van der Waals surface area contributed by atoms with E-state index in [4.69, 9.17) is 0 Å². The van der Waals surface area contributed by atoms with Gasteiger partial charge in [0.1, 0.15) is 11.6 Å². The highest BCUT2D eigenvalue weighted by atomic mass is 16.2. The fraction of sp³-hybridized carbons (Fsp3) is 0.542. The minimum absolute atomic E-state index is 0.0997. The number of rotatable bonds is 6. The van der Waals surface area contributed by atoms with Crippen LogP contribution in [0.25, 0.3) is 0 Å². The Balaban J connectivity index is 1.26. The Hall–Kier alpha value is -2.87. The lowest BCUT2D eigenvalue weighted by Crippen LogP contribution is -2.44. The Morgan fingerprint density at radius 3 is 2.62 bits per heavy atom. The first-order valence-electron chi connectivity index (χ1n) is 11.6. The van der Waals surface area contributed by atoms with E-state index in [1.165, 1.54) is 19.3 Å². The number of pyridine rings is 1. The van der Waals surface area contributed by atoms with Gasteiger partial charge >= 0.3 is 0 Å². The summed E-state index contributed by atoms with van der Waals surface area (Å²) in [6.07, 6.45) is 12.6. The van der Waals surface area contributed by atoms with Gasteiger partial charge in [-0.2, -0.15) is 0 Å². The van der Waals surface area contributed by atoms with Crippen LogP contribution >= 0.6 is 0 Å². The summed E-state index contributed by atoms with van der Waals surface area (Å²) in [5.74, 6) is 1.22. The van der Waals surface area contributed by atoms with Crippen molar-refractivity contribution in [3.63, 3.8) is 0 Å². The van der Waals surface area contributed by atoms with Crippen molar-refractivity contribution in [2.75, 3.05) is 18.4 Å². The van der Waals surface area contributed by atoms with E-state index < -0.39 is 0 Å². The van der Waals surface area contributed by atoms with E-state index in [1.54, 1.807) is 30.7 Å². The maximum absolute atomic E-state index is 12.6. The zero-order valence-corrected chi connectivity index (χ0v) is 18.7. The number of carbonyl (C=O) groups is 2. The number of aryl methyl sites for hydroxylation is 1. The van der Waals surface area contributed by atoms with Gasteiger partial charge in [0, 0.05) is 30.6 Å². The van der Waals surface area contributed by atoms with Gasteiger partial charge < -0.3 is 10.6 Å². The lowest BCUT2D eigenvalue weighted by Gasteiger charge is -2.32. The smallest absolute Gasteiger partial charge is 0.258 e. The molecule has 0 spiro atoms. The molecule has 2 aromatic heterocycles. The zero-order chi connectivity index (χ0) is 22.3. The van der Waals surface area contributed by atoms with E-state index in [-0.39, 0.29) is 17.7 Å². The molecule has 2 aromatic rings. The second-order valence-electron chi connectivity index (χ2n) is 8.96. The Labute approximate surface area is 189 Å². The Morgan fingerprint density at radius 1 is 1.09 bits per heavy atom. The maximum atomic E-state index is 12.6. The normalized spacial score (nSPS) is 18.3. The third-order valence-corrected chi connectivity index (χ3v) is 6.36. The van der Waals surface area contributed by atoms with Gasteiger partial charge in [0.2, 0.25) is 5.91 Å². The van der Waals surface area contributed by atoms with Crippen LogP contribution in [-0.4, -0.2) is 50.8 Å². The minimum atomic E-state index is -0.240. The number of piperidine rings is 1. The molecule has 4 rings (SSSR count). The first-order chi connectivity index (χ1) is 15.6. The maximum Gasteiger partial charge on any atom is 0.258 e. The van der Waals surface area contributed by atoms with Gasteiger partial charge in [-0.05, 0) is 63.4 Å². The summed E-state index contributed by atoms with van der Waals surface area (Å²) >= 11 is 0. The van der Waals surface area contributed by atoms with Crippen LogP contribution in [0.1, 0.15) is 66.7 Å². The molecule has 8 heteroatoms. The van der Waals surface area contributed by atoms with Gasteiger partial charge in [-0.25, -0.2) is 9.97 Å². The fourth-order valence-electron chi connectivity index (χ4n) is 4.53. The molecule has 0 radical (unpaired) electrons. The number of hydrogen-bond acceptors (Lipinski definition) is 6. The number of likely N-dealkylation sites (tertiary alicyclic amines) is 1. The third-order valence-electron chi connectivity index (χ3n) is 6.36. The van der Waals surface area contributed by atoms with E-state index >= 15 is 0 Å². The number of hydrogen-bond donors (Lipinski definition) is 2. The fourth-order valence-corrected chi connectivity index (χ4v) is 4.53. The first-order valence-corrected chi connectivity index (χ1v) is 11.6. The quantitative estimate of drug-likeness (QED) is 0.722. The van der Waals surface area contributed by atoms with Gasteiger partial charge in [0.25, 0.3) is 5.91 Å². The minimum Gasteiger partial charge on any atom is -0.353 e. The summed E-state index contributed by atoms with van der Waals surface area (Å²) in [5, 5.41) is 6.09. The van der Waals surface area contributed by atoms with Gasteiger partial charge in [0.05, 0.1) is 12.1 Å². The van der Waals surface area contributed by atoms with Crippen molar-refractivity contribution in [2.45, 2.75) is 64.5 Å². The highest BCUT2D eigenvalue weighted by Crippen LogP contribution is 2.22. The molecule has 0 bridgehead atoms. The molecule has 1 aliphatic carbocycles. The summed E-state index contributed by atoms with van der Waals surface area (Å²) in [4.78, 5) is 40.3. The van der Waals surface area contributed by atoms with E-state index in [1.807, 2.05) is 6.92 Å². The lowest BCUT2D eigenvalue weighted by atomic mass is 9.92. The Bertz CT molecular complexity index is 936. The van der Waals surface area contributed by atoms with Crippen LogP contribution in [0.15, 0.2) is 30.7 Å². The van der Waals surface area contributed by atoms with Crippen molar-refractivity contribution < 1.29 is 9.59 Å². The molecule has 2 aliphatic rings. The molecule has 3 heterocycles. The molecule has 2 amide bonds. The molecule has 170 valence electrons. The standard InChI is InChI=1S/C24H32N6O2/c1-17-13-19(15-25-14-17)24(32)29-21-7-10-26-22(28-21)16-30-11-8-18(9-12-30)23(31)27-20-5-3-2-4-6-20/h7,10,13-15,18,20H,2-6,8-9,11-12,16H2,1H3,(H,27,31)(H,26,28,29,32). The van der Waals surface area contributed by atoms with Crippen molar-refractivity contribution in [1.29, 1.82) is 0 Å². The molecule has 0 aromatic carbocycles. The molecule has 2 fully saturated rings. The summed E-state index contributed by atoms with van der Waals surface area (Å²) in [5.41, 5.74) is 1.43. The lowest BCUT2D eigenvalue weighted by molar-refractivity contribution is -0.127. The summed E-state index contributed by atoms with van der Waals surface area (Å²) in [7, 11) is 0. The molecule has 8 nitrogen and oxygen atoms in total. The molecule has 0 unspecified atom stereocenters. The molecule has 0 atom stereocenters. The van der Waals surface area contributed by atoms with Gasteiger partial charge in [-0.3, -0.25) is 19.5 Å². The van der Waals surface area contributed by atoms with Gasteiger partial charge in [-0.1, -0.05) is 19.3 Å². The SMILES string of the molecule is Cc1cncc(C(=O)Nc2ccnc(CN3CCC(C(=O)NC4CCCCC4)CC3)n2)c1. The van der Waals surface area contributed by atoms with Gasteiger partial charge in [-0.15, -0.1) is 0 Å². The summed E-state index contributed by atoms with van der Waals surface area (Å²) in [6, 6.07) is 3.85. The summed E-state index contributed by atoms with van der Waals surface area (Å²) in [6.45, 7) is 4.19. The van der Waals surface area contributed by atoms with Crippen molar-refractivity contribution in [3.8, 4) is 0 Å². The highest BCUT2D eigenvalue weighted by molar-refractivity contribution is 6.03. The Kier molecular flexibility index (Phi) is 7.42. The van der Waals surface area contributed by atoms with Crippen molar-refractivity contribution in [2.24, 2.45) is 5.92 Å². The Morgan fingerprint density at radius 2 is 1.88 bits per heavy atom. The van der Waals surface area contributed by atoms with E-state index in [0.29, 0.717) is 29.8 Å². The predicted octanol–water partition coefficient (Wildman–Crippen LogP) is 3.09. The molecular weight excluding hydrogens is 404 g/mol. The molecule has 2 N–H and O–H groups in total. The van der Waals surface area contributed by atoms with Crippen molar-refractivity contribution >= 4 is 17.6 Å². The number of nitrogens with one attached hydrogen (secondary N) is 2. The van der Waals surface area contributed by atoms with Crippen LogP contribution in [0.2, 0.25) is 0 Å². The van der Waals surface area contributed by atoms with Crippen LogP contribution < -0.4 is 10.6 Å².